The first-order chi connectivity index (χ1) is 9.94. The van der Waals surface area contributed by atoms with Crippen LogP contribution in [-0.2, 0) is 16.6 Å². The van der Waals surface area contributed by atoms with Gasteiger partial charge in [-0.15, -0.1) is 11.8 Å². The molecule has 1 aromatic rings. The Morgan fingerprint density at radius 3 is 3.10 bits per heavy atom. The summed E-state index contributed by atoms with van der Waals surface area (Å²) in [5, 5.41) is 14.2. The zero-order valence-corrected chi connectivity index (χ0v) is 12.9. The Morgan fingerprint density at radius 2 is 2.48 bits per heavy atom. The standard InChI is InChI=1S/C11H15N5O3S2/c1-15-10(13-5-14-15)21-4-11(9(18)19)2-16-7(17)6(12)8(16)20-3-11/h5-6,8H,2-4,12H2,1H3,(H,18,19)/t6?,8-,11?/m1/s1. The number of thioether (sulfide) groups is 2. The average molecular weight is 329 g/mol. The van der Waals surface area contributed by atoms with Crippen LogP contribution >= 0.6 is 23.5 Å². The van der Waals surface area contributed by atoms with Crippen molar-refractivity contribution in [2.45, 2.75) is 16.6 Å². The van der Waals surface area contributed by atoms with Gasteiger partial charge in [0.15, 0.2) is 5.16 Å². The molecule has 10 heteroatoms. The van der Waals surface area contributed by atoms with Crippen LogP contribution in [-0.4, -0.2) is 66.1 Å². The number of nitrogens with zero attached hydrogens (tertiary/aromatic N) is 4. The smallest absolute Gasteiger partial charge is 0.313 e. The lowest BCUT2D eigenvalue weighted by Gasteiger charge is -2.52. The average Bonchev–Trinajstić information content (AvgIpc) is 2.89. The van der Waals surface area contributed by atoms with E-state index in [0.717, 1.165) is 0 Å². The number of carbonyl (C=O) groups excluding carboxylic acids is 1. The lowest BCUT2D eigenvalue weighted by Crippen LogP contribution is -2.72. The fourth-order valence-electron chi connectivity index (χ4n) is 2.43. The second kappa shape index (κ2) is 5.18. The largest absolute Gasteiger partial charge is 0.481 e. The number of aliphatic carboxylic acids is 1. The molecule has 0 spiro atoms. The van der Waals surface area contributed by atoms with Gasteiger partial charge in [-0.3, -0.25) is 9.59 Å². The molecule has 21 heavy (non-hydrogen) atoms. The third-order valence-corrected chi connectivity index (χ3v) is 6.72. The molecule has 0 radical (unpaired) electrons. The number of rotatable bonds is 4. The van der Waals surface area contributed by atoms with Gasteiger partial charge in [-0.1, -0.05) is 11.8 Å². The van der Waals surface area contributed by atoms with Crippen LogP contribution in [0.25, 0.3) is 0 Å². The van der Waals surface area contributed by atoms with Crippen molar-refractivity contribution in [2.75, 3.05) is 18.1 Å². The molecule has 1 aromatic heterocycles. The van der Waals surface area contributed by atoms with Crippen molar-refractivity contribution in [3.8, 4) is 0 Å². The van der Waals surface area contributed by atoms with Crippen molar-refractivity contribution >= 4 is 35.4 Å². The Hall–Kier alpha value is -1.26. The molecule has 0 bridgehead atoms. The maximum Gasteiger partial charge on any atom is 0.313 e. The van der Waals surface area contributed by atoms with Gasteiger partial charge in [0, 0.05) is 25.1 Å². The van der Waals surface area contributed by atoms with E-state index in [1.165, 1.54) is 29.9 Å². The van der Waals surface area contributed by atoms with Crippen molar-refractivity contribution < 1.29 is 14.7 Å². The molecule has 2 saturated heterocycles. The van der Waals surface area contributed by atoms with Gasteiger partial charge in [0.05, 0.1) is 0 Å². The van der Waals surface area contributed by atoms with Gasteiger partial charge in [-0.05, 0) is 0 Å². The summed E-state index contributed by atoms with van der Waals surface area (Å²) in [6.45, 7) is 0.206. The number of hydrogen-bond acceptors (Lipinski definition) is 7. The highest BCUT2D eigenvalue weighted by Crippen LogP contribution is 2.43. The fraction of sp³-hybridized carbons (Fsp3) is 0.636. The van der Waals surface area contributed by atoms with Gasteiger partial charge in [0.25, 0.3) is 0 Å². The van der Waals surface area contributed by atoms with E-state index in [0.29, 0.717) is 16.7 Å². The predicted molar refractivity (Wildman–Crippen MR) is 77.7 cm³/mol. The number of hydrogen-bond donors (Lipinski definition) is 2. The molecule has 114 valence electrons. The highest BCUT2D eigenvalue weighted by molar-refractivity contribution is 8.00. The van der Waals surface area contributed by atoms with Gasteiger partial charge in [-0.2, -0.15) is 5.10 Å². The Labute approximate surface area is 129 Å². The topological polar surface area (TPSA) is 114 Å². The Morgan fingerprint density at radius 1 is 1.71 bits per heavy atom. The van der Waals surface area contributed by atoms with E-state index >= 15 is 0 Å². The molecular weight excluding hydrogens is 314 g/mol. The molecular formula is C11H15N5O3S2. The highest BCUT2D eigenvalue weighted by Gasteiger charge is 2.55. The van der Waals surface area contributed by atoms with Crippen LogP contribution in [0.5, 0.6) is 0 Å². The number of amides is 1. The first kappa shape index (κ1) is 14.7. The van der Waals surface area contributed by atoms with Crippen molar-refractivity contribution in [3.05, 3.63) is 6.33 Å². The number of aryl methyl sites for hydroxylation is 1. The second-order valence-electron chi connectivity index (χ2n) is 5.23. The monoisotopic (exact) mass is 329 g/mol. The summed E-state index contributed by atoms with van der Waals surface area (Å²) in [7, 11) is 1.76. The predicted octanol–water partition coefficient (Wildman–Crippen LogP) is -0.779. The summed E-state index contributed by atoms with van der Waals surface area (Å²) < 4.78 is 1.60. The molecule has 0 aromatic carbocycles. The molecule has 2 aliphatic heterocycles. The molecule has 2 aliphatic rings. The Kier molecular flexibility index (Phi) is 3.62. The zero-order chi connectivity index (χ0) is 15.2. The summed E-state index contributed by atoms with van der Waals surface area (Å²) in [6.07, 6.45) is 1.43. The maximum absolute atomic E-state index is 11.8. The Bertz CT molecular complexity index is 594. The Balaban J connectivity index is 1.74. The summed E-state index contributed by atoms with van der Waals surface area (Å²) in [5.41, 5.74) is 4.75. The van der Waals surface area contributed by atoms with Crippen LogP contribution in [0.4, 0.5) is 0 Å². The molecule has 3 N–H and O–H groups in total. The molecule has 0 saturated carbocycles. The minimum Gasteiger partial charge on any atom is -0.481 e. The van der Waals surface area contributed by atoms with E-state index < -0.39 is 17.4 Å². The van der Waals surface area contributed by atoms with Gasteiger partial charge >= 0.3 is 5.97 Å². The maximum atomic E-state index is 11.8. The summed E-state index contributed by atoms with van der Waals surface area (Å²) in [5.74, 6) is -0.277. The van der Waals surface area contributed by atoms with Crippen LogP contribution in [0.3, 0.4) is 0 Å². The van der Waals surface area contributed by atoms with Crippen molar-refractivity contribution in [1.29, 1.82) is 0 Å². The van der Waals surface area contributed by atoms with Crippen molar-refractivity contribution in [2.24, 2.45) is 18.2 Å². The molecule has 8 nitrogen and oxygen atoms in total. The van der Waals surface area contributed by atoms with E-state index in [9.17, 15) is 14.7 Å². The van der Waals surface area contributed by atoms with E-state index in [4.69, 9.17) is 5.73 Å². The van der Waals surface area contributed by atoms with Gasteiger partial charge in [-0.25, -0.2) is 9.67 Å². The summed E-state index contributed by atoms with van der Waals surface area (Å²) in [6, 6.07) is -0.492. The van der Waals surface area contributed by atoms with E-state index in [-0.39, 0.29) is 17.8 Å². The van der Waals surface area contributed by atoms with Crippen LogP contribution in [0.2, 0.25) is 0 Å². The molecule has 2 fully saturated rings. The lowest BCUT2D eigenvalue weighted by atomic mass is 9.89. The molecule has 3 heterocycles. The number of aromatic nitrogens is 3. The second-order valence-corrected chi connectivity index (χ2v) is 7.28. The first-order valence-corrected chi connectivity index (χ1v) is 8.36. The summed E-state index contributed by atoms with van der Waals surface area (Å²) >= 11 is 2.79. The number of nitrogens with two attached hydrogens (primary N) is 1. The van der Waals surface area contributed by atoms with Crippen molar-refractivity contribution in [1.82, 2.24) is 19.7 Å². The fourth-order valence-corrected chi connectivity index (χ4v) is 5.12. The van der Waals surface area contributed by atoms with Crippen LogP contribution in [0.15, 0.2) is 11.5 Å². The summed E-state index contributed by atoms with van der Waals surface area (Å²) in [4.78, 5) is 29.2. The van der Waals surface area contributed by atoms with Gasteiger partial charge in [0.2, 0.25) is 5.91 Å². The molecule has 3 atom stereocenters. The van der Waals surface area contributed by atoms with E-state index in [1.54, 1.807) is 16.6 Å². The molecule has 1 amide bonds. The van der Waals surface area contributed by atoms with Crippen molar-refractivity contribution in [3.63, 3.8) is 0 Å². The SMILES string of the molecule is Cn1ncnc1SCC1(C(=O)O)CS[C@@H]2C(N)C(=O)N2C1. The normalized spacial score (nSPS) is 31.7. The van der Waals surface area contributed by atoms with Crippen LogP contribution in [0.1, 0.15) is 0 Å². The number of fused-ring (bicyclic) bond motifs is 1. The molecule has 2 unspecified atom stereocenters. The van der Waals surface area contributed by atoms with Gasteiger partial charge < -0.3 is 15.7 Å². The number of carboxylic acid groups (broad SMARTS) is 1. The zero-order valence-electron chi connectivity index (χ0n) is 11.3. The minimum absolute atomic E-state index is 0.0789. The first-order valence-electron chi connectivity index (χ1n) is 6.32. The molecule has 3 rings (SSSR count). The lowest BCUT2D eigenvalue weighted by molar-refractivity contribution is -0.155. The number of β-lactam (4-membered cyclic amide) rings is 1. The molecule has 0 aliphatic carbocycles. The number of carboxylic acids is 1. The van der Waals surface area contributed by atoms with E-state index in [1.807, 2.05) is 0 Å². The van der Waals surface area contributed by atoms with Crippen LogP contribution in [0, 0.1) is 5.41 Å². The third kappa shape index (κ3) is 2.30. The minimum atomic E-state index is -0.979. The highest BCUT2D eigenvalue weighted by atomic mass is 32.2. The van der Waals surface area contributed by atoms with Crippen LogP contribution < -0.4 is 5.73 Å². The quantitative estimate of drug-likeness (QED) is 0.546. The van der Waals surface area contributed by atoms with E-state index in [2.05, 4.69) is 10.1 Å². The third-order valence-electron chi connectivity index (χ3n) is 3.79. The number of carbonyl (C=O) groups is 2. The van der Waals surface area contributed by atoms with Gasteiger partial charge in [0.1, 0.15) is 23.2 Å².